The van der Waals surface area contributed by atoms with Gasteiger partial charge in [-0.15, -0.1) is 0 Å². The Bertz CT molecular complexity index is 1880. The topological polar surface area (TPSA) is 152 Å². The number of hydrogen-bond acceptors (Lipinski definition) is 5. The molecule has 9 heteroatoms. The second-order valence-electron chi connectivity index (χ2n) is 10.3. The summed E-state index contributed by atoms with van der Waals surface area (Å²) in [5.41, 5.74) is 0.114. The van der Waals surface area contributed by atoms with Crippen molar-refractivity contribution in [1.82, 2.24) is 4.90 Å². The van der Waals surface area contributed by atoms with Crippen LogP contribution in [0.15, 0.2) is 42.5 Å². The van der Waals surface area contributed by atoms with Gasteiger partial charge in [-0.2, -0.15) is 0 Å². The first-order valence-corrected chi connectivity index (χ1v) is 13.1. The molecule has 0 spiro atoms. The maximum Gasteiger partial charge on any atom is 0.336 e. The van der Waals surface area contributed by atoms with E-state index < -0.39 is 23.9 Å². The quantitative estimate of drug-likeness (QED) is 0.154. The van der Waals surface area contributed by atoms with Gasteiger partial charge in [0.25, 0.3) is 0 Å². The Labute approximate surface area is 227 Å². The highest BCUT2D eigenvalue weighted by Crippen LogP contribution is 2.45. The van der Waals surface area contributed by atoms with Gasteiger partial charge in [0, 0.05) is 17.3 Å². The zero-order valence-electron chi connectivity index (χ0n) is 21.4. The lowest BCUT2D eigenvalue weighted by molar-refractivity contribution is 0.0681. The van der Waals surface area contributed by atoms with E-state index in [9.17, 15) is 39.6 Å². The highest BCUT2D eigenvalue weighted by Gasteiger charge is 2.27. The van der Waals surface area contributed by atoms with Crippen molar-refractivity contribution in [1.29, 1.82) is 0 Å². The minimum absolute atomic E-state index is 0.0837. The number of likely N-dealkylation sites (tertiary alicyclic amines) is 1. The van der Waals surface area contributed by atoms with Gasteiger partial charge in [-0.25, -0.2) is 19.2 Å². The van der Waals surface area contributed by atoms with Crippen molar-refractivity contribution in [2.24, 2.45) is 0 Å². The maximum absolute atomic E-state index is 12.5. The lowest BCUT2D eigenvalue weighted by Gasteiger charge is -2.27. The number of benzene rings is 5. The van der Waals surface area contributed by atoms with Crippen LogP contribution in [0.25, 0.3) is 43.1 Å². The van der Waals surface area contributed by atoms with Gasteiger partial charge in [-0.1, -0.05) is 24.6 Å². The standard InChI is InChI=1S/C31H25NO8/c33-28(34)19-7-4-16-17-5-8-21(30(37)38)26-22(31(39)40)14-15(10-13-32-11-2-1-3-12-32)23(27(17)26)18-6-9-20(29(35)36)25(19)24(16)18/h4-9,14H,1-3,10-13H2,(H,33,34)(H,35,36)(H,37,38)(H,39,40). The molecule has 1 aliphatic rings. The summed E-state index contributed by atoms with van der Waals surface area (Å²) in [7, 11) is 0. The summed E-state index contributed by atoms with van der Waals surface area (Å²) in [6, 6.07) is 10.4. The Morgan fingerprint density at radius 1 is 0.550 bits per heavy atom. The SMILES string of the molecule is O=C(O)c1ccc2c3ccc(C(=O)O)c4c(C(=O)O)cc(CCN5CCCCC5)c(c5ccc(C(=O)O)c1c25)c43. The van der Waals surface area contributed by atoms with Gasteiger partial charge >= 0.3 is 23.9 Å². The van der Waals surface area contributed by atoms with Gasteiger partial charge in [-0.3, -0.25) is 0 Å². The van der Waals surface area contributed by atoms with Crippen LogP contribution in [-0.2, 0) is 6.42 Å². The van der Waals surface area contributed by atoms with Crippen molar-refractivity contribution in [3.05, 3.63) is 70.3 Å². The van der Waals surface area contributed by atoms with Crippen LogP contribution in [0.5, 0.6) is 0 Å². The molecule has 1 heterocycles. The van der Waals surface area contributed by atoms with Crippen molar-refractivity contribution >= 4 is 67.0 Å². The van der Waals surface area contributed by atoms with Crippen molar-refractivity contribution in [3.63, 3.8) is 0 Å². The fraction of sp³-hybridized carbons (Fsp3) is 0.226. The number of carboxylic acid groups (broad SMARTS) is 4. The number of fused-ring (bicyclic) bond motifs is 2. The first-order valence-electron chi connectivity index (χ1n) is 13.1. The molecular formula is C31H25NO8. The van der Waals surface area contributed by atoms with E-state index in [4.69, 9.17) is 0 Å². The third-order valence-corrected chi connectivity index (χ3v) is 8.15. The van der Waals surface area contributed by atoms with Gasteiger partial charge < -0.3 is 25.3 Å². The Morgan fingerprint density at radius 3 is 1.55 bits per heavy atom. The largest absolute Gasteiger partial charge is 0.478 e. The van der Waals surface area contributed by atoms with E-state index >= 15 is 0 Å². The van der Waals surface area contributed by atoms with Gasteiger partial charge in [-0.05, 0) is 94.5 Å². The highest BCUT2D eigenvalue weighted by atomic mass is 16.4. The molecule has 5 aromatic rings. The Morgan fingerprint density at radius 2 is 1.02 bits per heavy atom. The average Bonchev–Trinajstić information content (AvgIpc) is 2.93. The molecule has 0 aliphatic carbocycles. The predicted molar refractivity (Wildman–Crippen MR) is 149 cm³/mol. The third kappa shape index (κ3) is 3.81. The highest BCUT2D eigenvalue weighted by molar-refractivity contribution is 6.38. The lowest BCUT2D eigenvalue weighted by Crippen LogP contribution is -2.31. The molecule has 0 radical (unpaired) electrons. The van der Waals surface area contributed by atoms with Crippen LogP contribution in [-0.4, -0.2) is 68.8 Å². The summed E-state index contributed by atoms with van der Waals surface area (Å²) >= 11 is 0. The second kappa shape index (κ2) is 9.46. The van der Waals surface area contributed by atoms with Gasteiger partial charge in [0.05, 0.1) is 22.3 Å². The summed E-state index contributed by atoms with van der Waals surface area (Å²) < 4.78 is 0. The zero-order chi connectivity index (χ0) is 28.3. The second-order valence-corrected chi connectivity index (χ2v) is 10.3. The van der Waals surface area contributed by atoms with E-state index in [1.165, 1.54) is 30.7 Å². The minimum atomic E-state index is -1.27. The summed E-state index contributed by atoms with van der Waals surface area (Å²) in [6.07, 6.45) is 3.82. The number of piperidine rings is 1. The van der Waals surface area contributed by atoms with Crippen molar-refractivity contribution in [2.45, 2.75) is 25.7 Å². The monoisotopic (exact) mass is 539 g/mol. The van der Waals surface area contributed by atoms with E-state index in [0.717, 1.165) is 25.9 Å². The van der Waals surface area contributed by atoms with Crippen molar-refractivity contribution < 1.29 is 39.6 Å². The molecule has 6 rings (SSSR count). The summed E-state index contributed by atoms with van der Waals surface area (Å²) in [5, 5.41) is 43.5. The first kappa shape index (κ1) is 25.5. The third-order valence-electron chi connectivity index (χ3n) is 8.15. The van der Waals surface area contributed by atoms with E-state index in [-0.39, 0.29) is 33.0 Å². The molecule has 1 aliphatic heterocycles. The maximum atomic E-state index is 12.5. The molecule has 202 valence electrons. The van der Waals surface area contributed by atoms with E-state index in [0.29, 0.717) is 50.8 Å². The number of rotatable bonds is 7. The van der Waals surface area contributed by atoms with Crippen LogP contribution in [0.1, 0.15) is 66.3 Å². The Hall–Kier alpha value is -4.76. The fourth-order valence-electron chi connectivity index (χ4n) is 6.44. The molecular weight excluding hydrogens is 514 g/mol. The Kier molecular flexibility index (Phi) is 6.03. The molecule has 1 fully saturated rings. The number of aromatic carboxylic acids is 4. The lowest BCUT2D eigenvalue weighted by atomic mass is 9.82. The Balaban J connectivity index is 1.82. The number of carbonyl (C=O) groups is 4. The van der Waals surface area contributed by atoms with Crippen molar-refractivity contribution in [2.75, 3.05) is 19.6 Å². The number of hydrogen-bond donors (Lipinski definition) is 4. The van der Waals surface area contributed by atoms with Gasteiger partial charge in [0.1, 0.15) is 0 Å². The van der Waals surface area contributed by atoms with Crippen LogP contribution in [0.4, 0.5) is 0 Å². The minimum Gasteiger partial charge on any atom is -0.478 e. The number of nitrogens with zero attached hydrogens (tertiary/aromatic N) is 1. The van der Waals surface area contributed by atoms with Crippen LogP contribution in [0, 0.1) is 0 Å². The van der Waals surface area contributed by atoms with Gasteiger partial charge in [0.2, 0.25) is 0 Å². The molecule has 0 aromatic heterocycles. The van der Waals surface area contributed by atoms with E-state index in [1.807, 2.05) is 0 Å². The predicted octanol–water partition coefficient (Wildman–Crippen LogP) is 5.56. The summed E-state index contributed by atoms with van der Waals surface area (Å²) in [5.74, 6) is -5.05. The van der Waals surface area contributed by atoms with E-state index in [1.54, 1.807) is 18.2 Å². The average molecular weight is 540 g/mol. The first-order chi connectivity index (χ1) is 19.2. The molecule has 1 saturated heterocycles. The van der Waals surface area contributed by atoms with Crippen LogP contribution >= 0.6 is 0 Å². The molecule has 9 nitrogen and oxygen atoms in total. The molecule has 0 unspecified atom stereocenters. The molecule has 4 N–H and O–H groups in total. The zero-order valence-corrected chi connectivity index (χ0v) is 21.4. The normalized spacial score (nSPS) is 14.4. The van der Waals surface area contributed by atoms with E-state index in [2.05, 4.69) is 4.90 Å². The molecule has 0 saturated carbocycles. The molecule has 0 bridgehead atoms. The van der Waals surface area contributed by atoms with Crippen molar-refractivity contribution in [3.8, 4) is 0 Å². The van der Waals surface area contributed by atoms with Crippen LogP contribution < -0.4 is 0 Å². The van der Waals surface area contributed by atoms with Gasteiger partial charge in [0.15, 0.2) is 0 Å². The number of carboxylic acids is 4. The smallest absolute Gasteiger partial charge is 0.336 e. The summed E-state index contributed by atoms with van der Waals surface area (Å²) in [6.45, 7) is 2.54. The molecule has 40 heavy (non-hydrogen) atoms. The molecule has 0 amide bonds. The van der Waals surface area contributed by atoms with Crippen LogP contribution in [0.3, 0.4) is 0 Å². The fourth-order valence-corrected chi connectivity index (χ4v) is 6.44. The van der Waals surface area contributed by atoms with Crippen LogP contribution in [0.2, 0.25) is 0 Å². The molecule has 0 atom stereocenters. The summed E-state index contributed by atoms with van der Waals surface area (Å²) in [4.78, 5) is 51.5. The molecule has 5 aromatic carbocycles.